The maximum absolute atomic E-state index is 10.2. The molecule has 0 fully saturated rings. The lowest BCUT2D eigenvalue weighted by atomic mass is 10.0. The molecular formula is C13H14ClNOS. The Morgan fingerprint density at radius 2 is 2.18 bits per heavy atom. The number of benzene rings is 1. The third kappa shape index (κ3) is 3.06. The van der Waals surface area contributed by atoms with E-state index in [2.05, 4.69) is 4.98 Å². The molecule has 4 heteroatoms. The summed E-state index contributed by atoms with van der Waals surface area (Å²) in [5.74, 6) is 0. The smallest absolute Gasteiger partial charge is 0.0897 e. The second kappa shape index (κ2) is 5.17. The van der Waals surface area contributed by atoms with Gasteiger partial charge in [-0.1, -0.05) is 17.7 Å². The third-order valence-electron chi connectivity index (χ3n) is 2.66. The predicted octanol–water partition coefficient (Wildman–Crippen LogP) is 3.69. The van der Waals surface area contributed by atoms with Crippen molar-refractivity contribution in [1.82, 2.24) is 4.98 Å². The SMILES string of the molecule is Cc1nc(CC(O)c2ccc(Cl)cc2C)cs1. The quantitative estimate of drug-likeness (QED) is 0.920. The van der Waals surface area contributed by atoms with Crippen LogP contribution in [0.5, 0.6) is 0 Å². The van der Waals surface area contributed by atoms with E-state index in [9.17, 15) is 5.11 Å². The number of aliphatic hydroxyl groups excluding tert-OH is 1. The minimum atomic E-state index is -0.520. The zero-order chi connectivity index (χ0) is 12.4. The summed E-state index contributed by atoms with van der Waals surface area (Å²) in [6, 6.07) is 5.55. The first-order chi connectivity index (χ1) is 8.06. The topological polar surface area (TPSA) is 33.1 Å². The summed E-state index contributed by atoms with van der Waals surface area (Å²) in [7, 11) is 0. The molecule has 1 unspecified atom stereocenters. The molecule has 17 heavy (non-hydrogen) atoms. The average molecular weight is 268 g/mol. The van der Waals surface area contributed by atoms with Gasteiger partial charge in [0, 0.05) is 16.8 Å². The fourth-order valence-electron chi connectivity index (χ4n) is 1.82. The van der Waals surface area contributed by atoms with E-state index >= 15 is 0 Å². The molecule has 0 aliphatic carbocycles. The highest BCUT2D eigenvalue weighted by atomic mass is 35.5. The zero-order valence-corrected chi connectivity index (χ0v) is 11.3. The molecule has 0 saturated carbocycles. The lowest BCUT2D eigenvalue weighted by Gasteiger charge is -2.12. The van der Waals surface area contributed by atoms with Gasteiger partial charge in [0.25, 0.3) is 0 Å². The second-order valence-electron chi connectivity index (χ2n) is 4.08. The fraction of sp³-hybridized carbons (Fsp3) is 0.308. The van der Waals surface area contributed by atoms with Crippen molar-refractivity contribution in [3.8, 4) is 0 Å². The normalized spacial score (nSPS) is 12.7. The monoisotopic (exact) mass is 267 g/mol. The van der Waals surface area contributed by atoms with Crippen molar-refractivity contribution in [2.75, 3.05) is 0 Å². The highest BCUT2D eigenvalue weighted by Crippen LogP contribution is 2.24. The van der Waals surface area contributed by atoms with Crippen molar-refractivity contribution in [2.45, 2.75) is 26.4 Å². The molecule has 0 aliphatic rings. The van der Waals surface area contributed by atoms with Crippen LogP contribution < -0.4 is 0 Å². The molecule has 1 N–H and O–H groups in total. The van der Waals surface area contributed by atoms with Crippen LogP contribution in [0.1, 0.15) is 27.9 Å². The first-order valence-corrected chi connectivity index (χ1v) is 6.67. The van der Waals surface area contributed by atoms with E-state index in [1.807, 2.05) is 31.4 Å². The molecule has 0 amide bonds. The predicted molar refractivity (Wildman–Crippen MR) is 71.7 cm³/mol. The minimum Gasteiger partial charge on any atom is -0.388 e. The zero-order valence-electron chi connectivity index (χ0n) is 9.77. The Balaban J connectivity index is 2.17. The first-order valence-electron chi connectivity index (χ1n) is 5.41. The largest absolute Gasteiger partial charge is 0.388 e. The number of aliphatic hydroxyl groups is 1. The van der Waals surface area contributed by atoms with Crippen LogP contribution in [0.25, 0.3) is 0 Å². The number of aromatic nitrogens is 1. The van der Waals surface area contributed by atoms with Crippen LogP contribution >= 0.6 is 22.9 Å². The number of hydrogen-bond donors (Lipinski definition) is 1. The summed E-state index contributed by atoms with van der Waals surface area (Å²) in [5.41, 5.74) is 2.87. The van der Waals surface area contributed by atoms with Crippen molar-refractivity contribution < 1.29 is 5.11 Å². The summed E-state index contributed by atoms with van der Waals surface area (Å²) in [4.78, 5) is 4.36. The van der Waals surface area contributed by atoms with Gasteiger partial charge >= 0.3 is 0 Å². The molecule has 1 aromatic heterocycles. The van der Waals surface area contributed by atoms with Crippen molar-refractivity contribution >= 4 is 22.9 Å². The van der Waals surface area contributed by atoms with Gasteiger partial charge in [-0.2, -0.15) is 0 Å². The van der Waals surface area contributed by atoms with Crippen LogP contribution in [0.4, 0.5) is 0 Å². The van der Waals surface area contributed by atoms with E-state index in [1.54, 1.807) is 17.4 Å². The molecule has 1 heterocycles. The van der Waals surface area contributed by atoms with Gasteiger partial charge in [0.05, 0.1) is 16.8 Å². The van der Waals surface area contributed by atoms with Crippen LogP contribution in [0.15, 0.2) is 23.6 Å². The number of hydrogen-bond acceptors (Lipinski definition) is 3. The summed E-state index contributed by atoms with van der Waals surface area (Å²) in [5, 5.41) is 13.9. The number of aryl methyl sites for hydroxylation is 2. The second-order valence-corrected chi connectivity index (χ2v) is 5.58. The molecule has 0 saturated heterocycles. The molecule has 2 rings (SSSR count). The lowest BCUT2D eigenvalue weighted by molar-refractivity contribution is 0.176. The number of rotatable bonds is 3. The molecule has 2 nitrogen and oxygen atoms in total. The van der Waals surface area contributed by atoms with Gasteiger partial charge in [0.1, 0.15) is 0 Å². The van der Waals surface area contributed by atoms with E-state index in [1.165, 1.54) is 0 Å². The van der Waals surface area contributed by atoms with E-state index in [4.69, 9.17) is 11.6 Å². The standard InChI is InChI=1S/C13H14ClNOS/c1-8-5-10(14)3-4-12(8)13(16)6-11-7-17-9(2)15-11/h3-5,7,13,16H,6H2,1-2H3. The molecule has 0 bridgehead atoms. The van der Waals surface area contributed by atoms with Crippen LogP contribution in [0.2, 0.25) is 5.02 Å². The Kier molecular flexibility index (Phi) is 3.82. The molecule has 0 spiro atoms. The van der Waals surface area contributed by atoms with Crippen LogP contribution in [-0.4, -0.2) is 10.1 Å². The molecule has 0 aliphatic heterocycles. The van der Waals surface area contributed by atoms with Gasteiger partial charge in [-0.05, 0) is 37.1 Å². The van der Waals surface area contributed by atoms with Crippen molar-refractivity contribution in [2.24, 2.45) is 0 Å². The maximum Gasteiger partial charge on any atom is 0.0897 e. The number of thiazole rings is 1. The van der Waals surface area contributed by atoms with Gasteiger partial charge in [-0.15, -0.1) is 11.3 Å². The van der Waals surface area contributed by atoms with Crippen molar-refractivity contribution in [3.63, 3.8) is 0 Å². The first kappa shape index (κ1) is 12.6. The van der Waals surface area contributed by atoms with Crippen molar-refractivity contribution in [1.29, 1.82) is 0 Å². The Morgan fingerprint density at radius 3 is 2.76 bits per heavy atom. The van der Waals surface area contributed by atoms with Gasteiger partial charge in [0.2, 0.25) is 0 Å². The van der Waals surface area contributed by atoms with Crippen LogP contribution in [-0.2, 0) is 6.42 Å². The summed E-state index contributed by atoms with van der Waals surface area (Å²) in [6.07, 6.45) is 0.0288. The Labute approximate surface area is 110 Å². The average Bonchev–Trinajstić information content (AvgIpc) is 2.63. The summed E-state index contributed by atoms with van der Waals surface area (Å²) >= 11 is 7.50. The Hall–Kier alpha value is -0.900. The van der Waals surface area contributed by atoms with E-state index in [-0.39, 0.29) is 0 Å². The molecule has 1 atom stereocenters. The number of halogens is 1. The lowest BCUT2D eigenvalue weighted by Crippen LogP contribution is -2.04. The van der Waals surface area contributed by atoms with Crippen LogP contribution in [0, 0.1) is 13.8 Å². The minimum absolute atomic E-state index is 0.520. The van der Waals surface area contributed by atoms with Crippen molar-refractivity contribution in [3.05, 3.63) is 50.4 Å². The Morgan fingerprint density at radius 1 is 1.41 bits per heavy atom. The van der Waals surface area contributed by atoms with Gasteiger partial charge in [-0.25, -0.2) is 4.98 Å². The molecule has 0 radical (unpaired) electrons. The van der Waals surface area contributed by atoms with Gasteiger partial charge in [-0.3, -0.25) is 0 Å². The van der Waals surface area contributed by atoms with Gasteiger partial charge < -0.3 is 5.11 Å². The van der Waals surface area contributed by atoms with Crippen LogP contribution in [0.3, 0.4) is 0 Å². The maximum atomic E-state index is 10.2. The number of nitrogens with zero attached hydrogens (tertiary/aromatic N) is 1. The van der Waals surface area contributed by atoms with E-state index < -0.39 is 6.10 Å². The molecule has 90 valence electrons. The van der Waals surface area contributed by atoms with E-state index in [0.717, 1.165) is 21.8 Å². The highest BCUT2D eigenvalue weighted by Gasteiger charge is 2.13. The molecular weight excluding hydrogens is 254 g/mol. The van der Waals surface area contributed by atoms with E-state index in [0.29, 0.717) is 11.4 Å². The fourth-order valence-corrected chi connectivity index (χ4v) is 2.68. The molecule has 2 aromatic rings. The Bertz CT molecular complexity index is 524. The highest BCUT2D eigenvalue weighted by molar-refractivity contribution is 7.09. The molecule has 1 aromatic carbocycles. The van der Waals surface area contributed by atoms with Gasteiger partial charge in [0.15, 0.2) is 0 Å². The summed E-state index contributed by atoms with van der Waals surface area (Å²) < 4.78 is 0. The third-order valence-corrected chi connectivity index (χ3v) is 3.72. The summed E-state index contributed by atoms with van der Waals surface area (Å²) in [6.45, 7) is 3.92.